The Morgan fingerprint density at radius 3 is 2.47 bits per heavy atom. The summed E-state index contributed by atoms with van der Waals surface area (Å²) in [6.45, 7) is 1.58. The van der Waals surface area contributed by atoms with Crippen molar-refractivity contribution in [2.75, 3.05) is 5.32 Å². The van der Waals surface area contributed by atoms with Gasteiger partial charge in [0.05, 0.1) is 11.8 Å². The minimum absolute atomic E-state index is 0.141. The molecule has 0 saturated heterocycles. The molecule has 4 rings (SSSR count). The lowest BCUT2D eigenvalue weighted by molar-refractivity contribution is -0.127. The molecular weight excluding hydrogens is 480 g/mol. The van der Waals surface area contributed by atoms with Crippen molar-refractivity contribution in [2.24, 2.45) is 10.8 Å². The number of phenols is 1. The predicted molar refractivity (Wildman–Crippen MR) is 138 cm³/mol. The smallest absolute Gasteiger partial charge is 0.280 e. The van der Waals surface area contributed by atoms with E-state index in [1.54, 1.807) is 43.3 Å². The minimum Gasteiger partial charge on any atom is -0.508 e. The van der Waals surface area contributed by atoms with Crippen LogP contribution in [0.1, 0.15) is 56.5 Å². The quantitative estimate of drug-likeness (QED) is 0.273. The van der Waals surface area contributed by atoms with E-state index in [-0.39, 0.29) is 11.7 Å². The van der Waals surface area contributed by atoms with Crippen LogP contribution < -0.4 is 21.2 Å². The van der Waals surface area contributed by atoms with E-state index in [0.717, 1.165) is 36.1 Å². The molecule has 2 aromatic carbocycles. The number of hydrogen-bond acceptors (Lipinski definition) is 7. The van der Waals surface area contributed by atoms with Gasteiger partial charge in [0.2, 0.25) is 0 Å². The Bertz CT molecular complexity index is 1300. The van der Waals surface area contributed by atoms with E-state index in [2.05, 4.69) is 15.8 Å². The summed E-state index contributed by atoms with van der Waals surface area (Å²) in [6.07, 6.45) is 4.35. The largest absolute Gasteiger partial charge is 0.508 e. The average molecular weight is 507 g/mol. The van der Waals surface area contributed by atoms with Gasteiger partial charge in [-0.1, -0.05) is 0 Å². The van der Waals surface area contributed by atoms with E-state index in [4.69, 9.17) is 10.5 Å². The van der Waals surface area contributed by atoms with Crippen LogP contribution in [0.2, 0.25) is 0 Å². The summed E-state index contributed by atoms with van der Waals surface area (Å²) < 4.78 is 5.64. The number of rotatable bonds is 8. The second-order valence-electron chi connectivity index (χ2n) is 8.34. The maximum Gasteiger partial charge on any atom is 0.280 e. The SMILES string of the molecule is C[C@H](Oc1ccc(C(=O)Nc2sc3c(c2C(N)=O)CCCC3)cc1)C(=O)N/N=C/c1ccc(O)cc1. The topological polar surface area (TPSA) is 143 Å². The zero-order chi connectivity index (χ0) is 25.7. The molecular formula is C26H26N4O5S. The number of amides is 3. The van der Waals surface area contributed by atoms with Crippen LogP contribution >= 0.6 is 11.3 Å². The summed E-state index contributed by atoms with van der Waals surface area (Å²) in [6, 6.07) is 12.7. The summed E-state index contributed by atoms with van der Waals surface area (Å²) in [5, 5.41) is 16.5. The molecule has 1 aliphatic carbocycles. The standard InChI is InChI=1S/C26H26N4O5S/c1-15(24(33)30-28-14-16-6-10-18(31)11-7-16)35-19-12-8-17(9-13-19)25(34)29-26-22(23(27)32)20-4-2-3-5-21(20)36-26/h6-15,31H,2-5H2,1H3,(H2,27,32)(H,29,34)(H,30,33)/b28-14+/t15-/m0/s1. The number of anilines is 1. The summed E-state index contributed by atoms with van der Waals surface area (Å²) >= 11 is 1.41. The first kappa shape index (κ1) is 24.9. The van der Waals surface area contributed by atoms with Crippen LogP contribution in [0.3, 0.4) is 0 Å². The Morgan fingerprint density at radius 1 is 1.08 bits per heavy atom. The molecule has 36 heavy (non-hydrogen) atoms. The van der Waals surface area contributed by atoms with Gasteiger partial charge in [0.25, 0.3) is 17.7 Å². The molecule has 0 saturated carbocycles. The molecule has 5 N–H and O–H groups in total. The fourth-order valence-electron chi connectivity index (χ4n) is 3.85. The van der Waals surface area contributed by atoms with Crippen molar-refractivity contribution in [3.05, 3.63) is 75.7 Å². The number of nitrogens with two attached hydrogens (primary N) is 1. The Hall–Kier alpha value is -4.18. The van der Waals surface area contributed by atoms with Gasteiger partial charge in [-0.2, -0.15) is 5.10 Å². The van der Waals surface area contributed by atoms with E-state index in [0.29, 0.717) is 27.4 Å². The maximum atomic E-state index is 12.8. The lowest BCUT2D eigenvalue weighted by Gasteiger charge is -2.13. The highest BCUT2D eigenvalue weighted by molar-refractivity contribution is 7.17. The summed E-state index contributed by atoms with van der Waals surface area (Å²) in [4.78, 5) is 38.2. The lowest BCUT2D eigenvalue weighted by Crippen LogP contribution is -2.33. The number of primary amides is 1. The van der Waals surface area contributed by atoms with Gasteiger partial charge >= 0.3 is 0 Å². The first-order valence-electron chi connectivity index (χ1n) is 11.5. The third-order valence-electron chi connectivity index (χ3n) is 5.72. The number of carbonyl (C=O) groups excluding carboxylic acids is 3. The summed E-state index contributed by atoms with van der Waals surface area (Å²) in [7, 11) is 0. The van der Waals surface area contributed by atoms with Crippen molar-refractivity contribution in [2.45, 2.75) is 38.7 Å². The van der Waals surface area contributed by atoms with E-state index in [1.165, 1.54) is 29.7 Å². The van der Waals surface area contributed by atoms with Crippen LogP contribution in [0.15, 0.2) is 53.6 Å². The molecule has 186 valence electrons. The van der Waals surface area contributed by atoms with Gasteiger partial charge in [-0.15, -0.1) is 11.3 Å². The second kappa shape index (κ2) is 11.0. The zero-order valence-electron chi connectivity index (χ0n) is 19.6. The van der Waals surface area contributed by atoms with Gasteiger partial charge in [0.15, 0.2) is 6.10 Å². The van der Waals surface area contributed by atoms with E-state index < -0.39 is 17.9 Å². The Morgan fingerprint density at radius 2 is 1.78 bits per heavy atom. The van der Waals surface area contributed by atoms with E-state index >= 15 is 0 Å². The highest BCUT2D eigenvalue weighted by Crippen LogP contribution is 2.38. The molecule has 3 amide bonds. The Labute approximate surface area is 212 Å². The van der Waals surface area contributed by atoms with Crippen molar-refractivity contribution in [1.29, 1.82) is 0 Å². The number of nitrogens with zero attached hydrogens (tertiary/aromatic N) is 1. The molecule has 1 aromatic heterocycles. The number of phenolic OH excluding ortho intramolecular Hbond substituents is 1. The molecule has 0 unspecified atom stereocenters. The molecule has 0 radical (unpaired) electrons. The van der Waals surface area contributed by atoms with Gasteiger partial charge in [-0.3, -0.25) is 14.4 Å². The van der Waals surface area contributed by atoms with Crippen LogP contribution in [-0.4, -0.2) is 35.1 Å². The van der Waals surface area contributed by atoms with Crippen molar-refractivity contribution in [1.82, 2.24) is 5.43 Å². The fraction of sp³-hybridized carbons (Fsp3) is 0.231. The van der Waals surface area contributed by atoms with Gasteiger partial charge in [0, 0.05) is 10.4 Å². The summed E-state index contributed by atoms with van der Waals surface area (Å²) in [5.74, 6) is -0.805. The molecule has 0 fully saturated rings. The van der Waals surface area contributed by atoms with Crippen LogP contribution in [0.4, 0.5) is 5.00 Å². The number of aromatic hydroxyl groups is 1. The number of ether oxygens (including phenoxy) is 1. The summed E-state index contributed by atoms with van der Waals surface area (Å²) in [5.41, 5.74) is 10.5. The van der Waals surface area contributed by atoms with E-state index in [1.807, 2.05) is 0 Å². The average Bonchev–Trinajstić information content (AvgIpc) is 3.23. The number of carbonyl (C=O) groups is 3. The first-order valence-corrected chi connectivity index (χ1v) is 12.3. The molecule has 0 bridgehead atoms. The Kier molecular flexibility index (Phi) is 7.65. The number of hydrazone groups is 1. The number of hydrogen-bond donors (Lipinski definition) is 4. The van der Waals surface area contributed by atoms with Crippen molar-refractivity contribution in [3.8, 4) is 11.5 Å². The number of aryl methyl sites for hydroxylation is 1. The van der Waals surface area contributed by atoms with Crippen LogP contribution in [-0.2, 0) is 17.6 Å². The van der Waals surface area contributed by atoms with E-state index in [9.17, 15) is 19.5 Å². The van der Waals surface area contributed by atoms with Gasteiger partial charge in [-0.05, 0) is 92.3 Å². The minimum atomic E-state index is -0.836. The van der Waals surface area contributed by atoms with Gasteiger partial charge in [-0.25, -0.2) is 5.43 Å². The predicted octanol–water partition coefficient (Wildman–Crippen LogP) is 3.60. The third kappa shape index (κ3) is 5.89. The molecule has 1 atom stereocenters. The van der Waals surface area contributed by atoms with Crippen molar-refractivity contribution >= 4 is 40.3 Å². The molecule has 10 heteroatoms. The van der Waals surface area contributed by atoms with Gasteiger partial charge < -0.3 is 20.9 Å². The highest BCUT2D eigenvalue weighted by atomic mass is 32.1. The Balaban J connectivity index is 1.34. The van der Waals surface area contributed by atoms with Crippen molar-refractivity contribution in [3.63, 3.8) is 0 Å². The zero-order valence-corrected chi connectivity index (χ0v) is 20.4. The maximum absolute atomic E-state index is 12.8. The number of thiophene rings is 1. The monoisotopic (exact) mass is 506 g/mol. The van der Waals surface area contributed by atoms with Crippen molar-refractivity contribution < 1.29 is 24.2 Å². The lowest BCUT2D eigenvalue weighted by atomic mass is 9.95. The first-order chi connectivity index (χ1) is 17.3. The molecule has 9 nitrogen and oxygen atoms in total. The van der Waals surface area contributed by atoms with Crippen LogP contribution in [0, 0.1) is 0 Å². The molecule has 3 aromatic rings. The van der Waals surface area contributed by atoms with Gasteiger partial charge in [0.1, 0.15) is 16.5 Å². The highest BCUT2D eigenvalue weighted by Gasteiger charge is 2.25. The molecule has 1 aliphatic rings. The second-order valence-corrected chi connectivity index (χ2v) is 9.45. The van der Waals surface area contributed by atoms with Crippen LogP contribution in [0.25, 0.3) is 0 Å². The normalized spacial score (nSPS) is 13.6. The third-order valence-corrected chi connectivity index (χ3v) is 6.93. The van der Waals surface area contributed by atoms with Crippen LogP contribution in [0.5, 0.6) is 11.5 Å². The number of nitrogens with one attached hydrogen (secondary N) is 2. The number of fused-ring (bicyclic) bond motifs is 1. The molecule has 0 aliphatic heterocycles. The number of benzene rings is 2. The molecule has 0 spiro atoms. The fourth-order valence-corrected chi connectivity index (χ4v) is 5.14. The molecule has 1 heterocycles.